The number of carbonyl (C=O) groups excluding carboxylic acids is 2. The molecule has 0 radical (unpaired) electrons. The number of carbonyl (C=O) groups is 2. The van der Waals surface area contributed by atoms with Crippen LogP contribution in [0.25, 0.3) is 0 Å². The summed E-state index contributed by atoms with van der Waals surface area (Å²) >= 11 is 0. The van der Waals surface area contributed by atoms with Gasteiger partial charge in [-0.3, -0.25) is 9.69 Å². The molecule has 2 amide bonds. The largest absolute Gasteiger partial charge is 0.415 e. The van der Waals surface area contributed by atoms with Crippen molar-refractivity contribution in [2.75, 3.05) is 19.6 Å². The van der Waals surface area contributed by atoms with E-state index in [1.165, 1.54) is 0 Å². The van der Waals surface area contributed by atoms with Gasteiger partial charge in [-0.25, -0.2) is 14.9 Å². The minimum Gasteiger partial charge on any atom is -0.410 e. The highest BCUT2D eigenvalue weighted by Gasteiger charge is 2.34. The Morgan fingerprint density at radius 1 is 1.26 bits per heavy atom. The van der Waals surface area contributed by atoms with Gasteiger partial charge in [-0.1, -0.05) is 23.2 Å². The second-order valence-electron chi connectivity index (χ2n) is 3.86. The summed E-state index contributed by atoms with van der Waals surface area (Å²) in [5.74, 6) is -0.377. The maximum atomic E-state index is 11.8. The first-order valence-electron chi connectivity index (χ1n) is 5.54. The highest BCUT2D eigenvalue weighted by Crippen LogP contribution is 2.12. The van der Waals surface area contributed by atoms with Crippen LogP contribution < -0.4 is 4.74 Å². The van der Waals surface area contributed by atoms with E-state index in [9.17, 15) is 19.7 Å². The summed E-state index contributed by atoms with van der Waals surface area (Å²) in [5, 5.41) is 10.2. The molecule has 0 aromatic heterocycles. The quantitative estimate of drug-likeness (QED) is 0.574. The normalized spacial score (nSPS) is 15.3. The Morgan fingerprint density at radius 3 is 2.53 bits per heavy atom. The van der Waals surface area contributed by atoms with E-state index in [1.807, 2.05) is 0 Å². The van der Waals surface area contributed by atoms with Gasteiger partial charge in [-0.2, -0.15) is 0 Å². The predicted molar refractivity (Wildman–Crippen MR) is 62.7 cm³/mol. The predicted octanol–water partition coefficient (Wildman–Crippen LogP) is 0.521. The van der Waals surface area contributed by atoms with Crippen LogP contribution in [0.4, 0.5) is 4.79 Å². The molecule has 19 heavy (non-hydrogen) atoms. The molecule has 0 aliphatic carbocycles. The van der Waals surface area contributed by atoms with Gasteiger partial charge in [0.1, 0.15) is 18.8 Å². The molecule has 0 atom stereocenters. The topological polar surface area (TPSA) is 93.0 Å². The molecule has 100 valence electrons. The molecule has 0 unspecified atom stereocenters. The van der Waals surface area contributed by atoms with E-state index in [4.69, 9.17) is 4.74 Å². The lowest BCUT2D eigenvalue weighted by Crippen LogP contribution is -2.54. The average molecular weight is 265 g/mol. The van der Waals surface area contributed by atoms with Gasteiger partial charge in [0.2, 0.25) is 0 Å². The van der Waals surface area contributed by atoms with Gasteiger partial charge in [0, 0.05) is 6.54 Å². The zero-order valence-electron chi connectivity index (χ0n) is 9.89. The van der Waals surface area contributed by atoms with Crippen LogP contribution in [-0.2, 0) is 4.79 Å². The Morgan fingerprint density at radius 2 is 1.95 bits per heavy atom. The molecule has 8 heteroatoms. The average Bonchev–Trinajstić information content (AvgIpc) is 2.39. The van der Waals surface area contributed by atoms with E-state index < -0.39 is 17.0 Å². The van der Waals surface area contributed by atoms with E-state index in [0.29, 0.717) is 10.8 Å². The molecule has 1 aromatic rings. The van der Waals surface area contributed by atoms with Crippen LogP contribution in [-0.4, -0.2) is 46.6 Å². The fourth-order valence-electron chi connectivity index (χ4n) is 1.65. The Bertz CT molecular complexity index is 504. The lowest BCUT2D eigenvalue weighted by molar-refractivity contribution is -0.635. The van der Waals surface area contributed by atoms with Crippen LogP contribution in [0.3, 0.4) is 0 Å². The Labute approximate surface area is 108 Å². The van der Waals surface area contributed by atoms with Crippen LogP contribution in [0.1, 0.15) is 0 Å². The van der Waals surface area contributed by atoms with Gasteiger partial charge < -0.3 is 4.74 Å². The second-order valence-corrected chi connectivity index (χ2v) is 3.86. The standard InChI is InChI=1S/C11H11N3O5/c15-10-8-12(6-7-13(10)14(17)18)11(16)19-9-4-2-1-3-5-9/h1-5H,6-8H2. The molecule has 8 nitrogen and oxygen atoms in total. The Hall–Kier alpha value is -2.64. The molecule has 1 fully saturated rings. The van der Waals surface area contributed by atoms with Crippen molar-refractivity contribution in [1.29, 1.82) is 0 Å². The third-order valence-corrected chi connectivity index (χ3v) is 2.60. The first-order chi connectivity index (χ1) is 9.08. The van der Waals surface area contributed by atoms with Crippen LogP contribution in [0.2, 0.25) is 0 Å². The maximum Gasteiger partial charge on any atom is 0.415 e. The van der Waals surface area contributed by atoms with Crippen molar-refractivity contribution >= 4 is 12.0 Å². The van der Waals surface area contributed by atoms with Crippen LogP contribution in [0.5, 0.6) is 5.75 Å². The molecule has 0 bridgehead atoms. The minimum absolute atomic E-state index is 0.0678. The second kappa shape index (κ2) is 5.34. The molecule has 1 saturated heterocycles. The number of piperazine rings is 1. The van der Waals surface area contributed by atoms with Gasteiger partial charge in [0.05, 0.1) is 0 Å². The number of benzene rings is 1. The third kappa shape index (κ3) is 2.97. The number of hydrogen-bond donors (Lipinski definition) is 0. The van der Waals surface area contributed by atoms with Crippen LogP contribution in [0.15, 0.2) is 30.3 Å². The fourth-order valence-corrected chi connectivity index (χ4v) is 1.65. The SMILES string of the molecule is O=C(Oc1ccccc1)N1CCN([N+](=O)[O-])C(=O)C1. The molecule has 0 N–H and O–H groups in total. The molecule has 0 spiro atoms. The maximum absolute atomic E-state index is 11.8. The van der Waals surface area contributed by atoms with E-state index in [0.717, 1.165) is 4.90 Å². The first kappa shape index (κ1) is 12.8. The summed E-state index contributed by atoms with van der Waals surface area (Å²) in [4.78, 5) is 34.8. The highest BCUT2D eigenvalue weighted by molar-refractivity contribution is 5.83. The monoisotopic (exact) mass is 265 g/mol. The summed E-state index contributed by atoms with van der Waals surface area (Å²) in [6.07, 6.45) is -0.692. The number of nitro groups is 1. The number of hydrogen-bond acceptors (Lipinski definition) is 5. The number of ether oxygens (including phenoxy) is 1. The zero-order chi connectivity index (χ0) is 13.8. The molecule has 1 aromatic carbocycles. The van der Waals surface area contributed by atoms with Gasteiger partial charge in [0.25, 0.3) is 0 Å². The van der Waals surface area contributed by atoms with Crippen LogP contribution >= 0.6 is 0 Å². The van der Waals surface area contributed by atoms with Crippen molar-refractivity contribution in [3.63, 3.8) is 0 Å². The molecule has 1 aliphatic heterocycles. The fraction of sp³-hybridized carbons (Fsp3) is 0.273. The first-order valence-corrected chi connectivity index (χ1v) is 5.54. The minimum atomic E-state index is -0.776. The Kier molecular flexibility index (Phi) is 3.60. The van der Waals surface area contributed by atoms with Crippen molar-refractivity contribution in [2.45, 2.75) is 0 Å². The summed E-state index contributed by atoms with van der Waals surface area (Å²) in [6.45, 7) is -0.430. The van der Waals surface area contributed by atoms with Crippen LogP contribution in [0, 0.1) is 10.1 Å². The molecule has 2 rings (SSSR count). The number of rotatable bonds is 2. The lowest BCUT2D eigenvalue weighted by Gasteiger charge is -2.27. The number of para-hydroxylation sites is 1. The number of hydrazine groups is 1. The zero-order valence-corrected chi connectivity index (χ0v) is 9.89. The number of amides is 2. The molecular weight excluding hydrogens is 254 g/mol. The smallest absolute Gasteiger partial charge is 0.410 e. The Balaban J connectivity index is 1.95. The summed E-state index contributed by atoms with van der Waals surface area (Å²) in [5.41, 5.74) is 0. The van der Waals surface area contributed by atoms with E-state index in [2.05, 4.69) is 0 Å². The third-order valence-electron chi connectivity index (χ3n) is 2.60. The summed E-state index contributed by atoms with van der Waals surface area (Å²) in [6, 6.07) is 8.40. The number of nitrogens with zero attached hydrogens (tertiary/aromatic N) is 3. The van der Waals surface area contributed by atoms with Crippen molar-refractivity contribution in [1.82, 2.24) is 9.91 Å². The van der Waals surface area contributed by atoms with E-state index in [1.54, 1.807) is 30.3 Å². The van der Waals surface area contributed by atoms with Gasteiger partial charge >= 0.3 is 12.0 Å². The van der Waals surface area contributed by atoms with E-state index >= 15 is 0 Å². The lowest BCUT2D eigenvalue weighted by atomic mass is 10.3. The molecule has 0 saturated carbocycles. The molecular formula is C11H11N3O5. The summed E-state index contributed by atoms with van der Waals surface area (Å²) < 4.78 is 5.04. The van der Waals surface area contributed by atoms with Crippen molar-refractivity contribution in [2.24, 2.45) is 0 Å². The molecule has 1 heterocycles. The van der Waals surface area contributed by atoms with Gasteiger partial charge in [-0.05, 0) is 12.1 Å². The van der Waals surface area contributed by atoms with Crippen molar-refractivity contribution in [3.8, 4) is 5.75 Å². The van der Waals surface area contributed by atoms with Crippen molar-refractivity contribution in [3.05, 3.63) is 40.4 Å². The summed E-state index contributed by atoms with van der Waals surface area (Å²) in [7, 11) is 0. The highest BCUT2D eigenvalue weighted by atomic mass is 16.7. The van der Waals surface area contributed by atoms with E-state index in [-0.39, 0.29) is 19.6 Å². The molecule has 1 aliphatic rings. The van der Waals surface area contributed by atoms with Gasteiger partial charge in [0.15, 0.2) is 5.03 Å². The van der Waals surface area contributed by atoms with Gasteiger partial charge in [-0.15, -0.1) is 0 Å². The van der Waals surface area contributed by atoms with Crippen molar-refractivity contribution < 1.29 is 19.4 Å².